The van der Waals surface area contributed by atoms with E-state index in [0.717, 1.165) is 72.0 Å². The quantitative estimate of drug-likeness (QED) is 0.293. The zero-order valence-electron chi connectivity index (χ0n) is 24.8. The molecule has 4 saturated carbocycles. The average Bonchev–Trinajstić information content (AvgIpc) is 2.91. The van der Waals surface area contributed by atoms with Crippen molar-refractivity contribution in [3.63, 3.8) is 0 Å². The molecular formula is C35H62O. The first kappa shape index (κ1) is 28.7. The maximum Gasteiger partial charge on any atom is 0.132 e. The van der Waals surface area contributed by atoms with E-state index in [4.69, 9.17) is 0 Å². The molecule has 6 atom stereocenters. The molecule has 4 aliphatic rings. The van der Waals surface area contributed by atoms with Gasteiger partial charge in [-0.3, -0.25) is 4.79 Å². The minimum absolute atomic E-state index is 0.581. The maximum absolute atomic E-state index is 12.8. The van der Waals surface area contributed by atoms with Gasteiger partial charge in [0.25, 0.3) is 0 Å². The Morgan fingerprint density at radius 3 is 1.22 bits per heavy atom. The van der Waals surface area contributed by atoms with Crippen molar-refractivity contribution in [1.29, 1.82) is 0 Å². The van der Waals surface area contributed by atoms with E-state index in [9.17, 15) is 4.79 Å². The largest absolute Gasteiger partial charge is 0.300 e. The third-order valence-electron chi connectivity index (χ3n) is 12.5. The topological polar surface area (TPSA) is 17.1 Å². The van der Waals surface area contributed by atoms with Gasteiger partial charge in [0.2, 0.25) is 0 Å². The Morgan fingerprint density at radius 2 is 0.889 bits per heavy atom. The van der Waals surface area contributed by atoms with Crippen LogP contribution in [0.25, 0.3) is 0 Å². The highest BCUT2D eigenvalue weighted by Gasteiger charge is 2.36. The first-order valence-electron chi connectivity index (χ1n) is 17.0. The van der Waals surface area contributed by atoms with Gasteiger partial charge >= 0.3 is 0 Å². The van der Waals surface area contributed by atoms with Crippen LogP contribution in [0.15, 0.2) is 0 Å². The van der Waals surface area contributed by atoms with Gasteiger partial charge in [0.15, 0.2) is 0 Å². The lowest BCUT2D eigenvalue weighted by molar-refractivity contribution is -0.119. The standard InChI is InChI=1S/C35H62O/c1-5-27-13-21-34(25(3)23-27)31-15-7-29(8-16-31)11-19-33(36)20-12-30-9-17-32(18-10-30)35-22-14-28(6-2)24-26(35)4/h25-32,34-35H,5-24H2,1-4H3. The van der Waals surface area contributed by atoms with Crippen LogP contribution in [0.4, 0.5) is 0 Å². The highest BCUT2D eigenvalue weighted by Crippen LogP contribution is 2.47. The molecule has 4 rings (SSSR count). The van der Waals surface area contributed by atoms with Crippen LogP contribution in [0.3, 0.4) is 0 Å². The van der Waals surface area contributed by atoms with Gasteiger partial charge in [0.1, 0.15) is 5.78 Å². The third-order valence-corrected chi connectivity index (χ3v) is 12.5. The molecule has 4 aliphatic carbocycles. The maximum atomic E-state index is 12.8. The number of Topliss-reactive ketones (excluding diaryl/α,β-unsaturated/α-hetero) is 1. The predicted octanol–water partition coefficient (Wildman–Crippen LogP) is 10.7. The SMILES string of the molecule is CCC1CCC(C2CCC(CCC(=O)CCC3CCC(C4CCC(CC)CC4C)CC3)CC2)C(C)C1. The molecule has 0 N–H and O–H groups in total. The molecule has 4 fully saturated rings. The minimum atomic E-state index is 0.581. The molecule has 0 aliphatic heterocycles. The van der Waals surface area contributed by atoms with Crippen molar-refractivity contribution in [2.24, 2.45) is 59.2 Å². The van der Waals surface area contributed by atoms with Gasteiger partial charge in [-0.15, -0.1) is 0 Å². The summed E-state index contributed by atoms with van der Waals surface area (Å²) in [6, 6.07) is 0. The van der Waals surface area contributed by atoms with Gasteiger partial charge in [0, 0.05) is 12.8 Å². The highest BCUT2D eigenvalue weighted by atomic mass is 16.1. The molecule has 0 aromatic carbocycles. The lowest BCUT2D eigenvalue weighted by Gasteiger charge is -2.41. The average molecular weight is 499 g/mol. The van der Waals surface area contributed by atoms with Crippen LogP contribution in [0.5, 0.6) is 0 Å². The van der Waals surface area contributed by atoms with E-state index in [1.54, 1.807) is 0 Å². The van der Waals surface area contributed by atoms with Gasteiger partial charge in [-0.05, 0) is 123 Å². The predicted molar refractivity (Wildman–Crippen MR) is 155 cm³/mol. The Morgan fingerprint density at radius 1 is 0.528 bits per heavy atom. The molecule has 0 aromatic heterocycles. The summed E-state index contributed by atoms with van der Waals surface area (Å²) in [4.78, 5) is 12.8. The second kappa shape index (κ2) is 14.2. The molecular weight excluding hydrogens is 436 g/mol. The summed E-state index contributed by atoms with van der Waals surface area (Å²) in [5.74, 6) is 10.1. The molecule has 208 valence electrons. The van der Waals surface area contributed by atoms with E-state index in [0.29, 0.717) is 5.78 Å². The van der Waals surface area contributed by atoms with Gasteiger partial charge in [-0.2, -0.15) is 0 Å². The summed E-state index contributed by atoms with van der Waals surface area (Å²) in [7, 11) is 0. The lowest BCUT2D eigenvalue weighted by Crippen LogP contribution is -2.31. The van der Waals surface area contributed by atoms with Gasteiger partial charge in [-0.1, -0.05) is 79.1 Å². The Labute approximate surface area is 225 Å². The second-order valence-electron chi connectivity index (χ2n) is 14.6. The number of carbonyl (C=O) groups excluding carboxylic acids is 1. The fourth-order valence-corrected chi connectivity index (χ4v) is 9.87. The molecule has 0 aromatic rings. The fourth-order valence-electron chi connectivity index (χ4n) is 9.87. The Hall–Kier alpha value is -0.330. The van der Waals surface area contributed by atoms with Crippen molar-refractivity contribution in [2.75, 3.05) is 0 Å². The third kappa shape index (κ3) is 7.85. The first-order chi connectivity index (χ1) is 17.5. The molecule has 36 heavy (non-hydrogen) atoms. The van der Waals surface area contributed by atoms with Crippen LogP contribution in [0, 0.1) is 59.2 Å². The van der Waals surface area contributed by atoms with Crippen LogP contribution >= 0.6 is 0 Å². The minimum Gasteiger partial charge on any atom is -0.300 e. The van der Waals surface area contributed by atoms with Gasteiger partial charge in [0.05, 0.1) is 0 Å². The van der Waals surface area contributed by atoms with Crippen LogP contribution in [-0.2, 0) is 4.79 Å². The van der Waals surface area contributed by atoms with Crippen molar-refractivity contribution in [3.8, 4) is 0 Å². The van der Waals surface area contributed by atoms with Crippen molar-refractivity contribution in [3.05, 3.63) is 0 Å². The van der Waals surface area contributed by atoms with E-state index in [-0.39, 0.29) is 0 Å². The van der Waals surface area contributed by atoms with Crippen molar-refractivity contribution in [2.45, 2.75) is 156 Å². The number of hydrogen-bond donors (Lipinski definition) is 0. The Balaban J connectivity index is 1.07. The molecule has 0 spiro atoms. The molecule has 1 nitrogen and oxygen atoms in total. The number of rotatable bonds is 10. The zero-order valence-corrected chi connectivity index (χ0v) is 24.8. The van der Waals surface area contributed by atoms with Crippen LogP contribution in [-0.4, -0.2) is 5.78 Å². The zero-order chi connectivity index (χ0) is 25.5. The summed E-state index contributed by atoms with van der Waals surface area (Å²) in [5, 5.41) is 0. The van der Waals surface area contributed by atoms with Crippen molar-refractivity contribution in [1.82, 2.24) is 0 Å². The summed E-state index contributed by atoms with van der Waals surface area (Å²) in [6.45, 7) is 9.85. The van der Waals surface area contributed by atoms with Crippen molar-refractivity contribution < 1.29 is 4.79 Å². The number of hydrogen-bond acceptors (Lipinski definition) is 1. The molecule has 6 unspecified atom stereocenters. The smallest absolute Gasteiger partial charge is 0.132 e. The molecule has 0 amide bonds. The van der Waals surface area contributed by atoms with Crippen molar-refractivity contribution >= 4 is 5.78 Å². The lowest BCUT2D eigenvalue weighted by atomic mass is 9.64. The Kier molecular flexibility index (Phi) is 11.3. The second-order valence-corrected chi connectivity index (χ2v) is 14.6. The first-order valence-corrected chi connectivity index (χ1v) is 17.0. The number of carbonyl (C=O) groups is 1. The van der Waals surface area contributed by atoms with E-state index < -0.39 is 0 Å². The molecule has 1 heteroatoms. The van der Waals surface area contributed by atoms with Gasteiger partial charge < -0.3 is 0 Å². The van der Waals surface area contributed by atoms with Crippen LogP contribution in [0.2, 0.25) is 0 Å². The van der Waals surface area contributed by atoms with E-state index in [1.165, 1.54) is 116 Å². The normalized spacial score (nSPS) is 42.2. The van der Waals surface area contributed by atoms with E-state index in [2.05, 4.69) is 27.7 Å². The Bertz CT molecular complexity index is 583. The molecule has 0 saturated heterocycles. The fraction of sp³-hybridized carbons (Fsp3) is 0.971. The van der Waals surface area contributed by atoms with E-state index >= 15 is 0 Å². The molecule has 0 heterocycles. The molecule has 0 bridgehead atoms. The van der Waals surface area contributed by atoms with E-state index in [1.807, 2.05) is 0 Å². The summed E-state index contributed by atoms with van der Waals surface area (Å²) < 4.78 is 0. The van der Waals surface area contributed by atoms with Crippen LogP contribution in [0.1, 0.15) is 156 Å². The summed E-state index contributed by atoms with van der Waals surface area (Å²) in [5.41, 5.74) is 0. The summed E-state index contributed by atoms with van der Waals surface area (Å²) in [6.07, 6.45) is 27.3. The molecule has 0 radical (unpaired) electrons. The number of ketones is 1. The highest BCUT2D eigenvalue weighted by molar-refractivity contribution is 5.78. The summed E-state index contributed by atoms with van der Waals surface area (Å²) >= 11 is 0. The van der Waals surface area contributed by atoms with Gasteiger partial charge in [-0.25, -0.2) is 0 Å². The van der Waals surface area contributed by atoms with Crippen LogP contribution < -0.4 is 0 Å². The monoisotopic (exact) mass is 498 g/mol.